The van der Waals surface area contributed by atoms with E-state index in [2.05, 4.69) is 30.3 Å². The second-order valence-corrected chi connectivity index (χ2v) is 9.31. The molecule has 0 unspecified atom stereocenters. The normalized spacial score (nSPS) is 13.8. The molecule has 2 aromatic heterocycles. The Morgan fingerprint density at radius 3 is 2.08 bits per heavy atom. The first-order chi connectivity index (χ1) is 18.1. The summed E-state index contributed by atoms with van der Waals surface area (Å²) in [6.45, 7) is 3.13. The first-order valence-electron chi connectivity index (χ1n) is 11.8. The summed E-state index contributed by atoms with van der Waals surface area (Å²) in [6, 6.07) is 15.4. The standard InChI is InChI=1S/C26H27N7O3S/c1-35-20-7-3-18(4-8-20)23-24(19-5-9-21(36-2)10-6-19)30-31-25(29-23)33-14-12-32(13-15-33)17-22(34)28-26-27-11-16-37-26/h3-11,16H,12-15,17H2,1-2H3,(H,27,28,34). The van der Waals surface area contributed by atoms with Crippen molar-refractivity contribution in [2.75, 3.05) is 57.2 Å². The quantitative estimate of drug-likeness (QED) is 0.376. The summed E-state index contributed by atoms with van der Waals surface area (Å²) >= 11 is 1.41. The molecule has 0 bridgehead atoms. The van der Waals surface area contributed by atoms with Gasteiger partial charge in [0.2, 0.25) is 11.9 Å². The zero-order valence-corrected chi connectivity index (χ0v) is 21.4. The van der Waals surface area contributed by atoms with Crippen molar-refractivity contribution in [3.8, 4) is 34.0 Å². The Labute approximate surface area is 218 Å². The fourth-order valence-corrected chi connectivity index (χ4v) is 4.64. The number of rotatable bonds is 8. The minimum Gasteiger partial charge on any atom is -0.497 e. The molecule has 1 amide bonds. The van der Waals surface area contributed by atoms with Gasteiger partial charge in [-0.25, -0.2) is 9.97 Å². The van der Waals surface area contributed by atoms with Crippen molar-refractivity contribution in [1.82, 2.24) is 25.1 Å². The molecule has 190 valence electrons. The van der Waals surface area contributed by atoms with Gasteiger partial charge in [0.05, 0.1) is 20.8 Å². The lowest BCUT2D eigenvalue weighted by Crippen LogP contribution is -2.49. The third-order valence-electron chi connectivity index (χ3n) is 6.10. The Balaban J connectivity index is 1.34. The molecule has 0 saturated carbocycles. The van der Waals surface area contributed by atoms with Gasteiger partial charge in [-0.1, -0.05) is 0 Å². The number of piperazine rings is 1. The summed E-state index contributed by atoms with van der Waals surface area (Å²) in [5.41, 5.74) is 3.24. The molecule has 1 aliphatic heterocycles. The molecule has 5 rings (SSSR count). The highest BCUT2D eigenvalue weighted by atomic mass is 32.1. The maximum absolute atomic E-state index is 12.3. The number of nitrogens with zero attached hydrogens (tertiary/aromatic N) is 6. The lowest BCUT2D eigenvalue weighted by Gasteiger charge is -2.34. The molecule has 0 aliphatic carbocycles. The summed E-state index contributed by atoms with van der Waals surface area (Å²) in [5.74, 6) is 2.04. The maximum atomic E-state index is 12.3. The highest BCUT2D eigenvalue weighted by Gasteiger charge is 2.23. The van der Waals surface area contributed by atoms with Crippen molar-refractivity contribution < 1.29 is 14.3 Å². The van der Waals surface area contributed by atoms with Crippen LogP contribution in [0.3, 0.4) is 0 Å². The van der Waals surface area contributed by atoms with E-state index in [1.165, 1.54) is 11.3 Å². The molecule has 37 heavy (non-hydrogen) atoms. The van der Waals surface area contributed by atoms with E-state index in [0.717, 1.165) is 28.3 Å². The predicted octanol–water partition coefficient (Wildman–Crippen LogP) is 3.44. The molecule has 2 aromatic carbocycles. The summed E-state index contributed by atoms with van der Waals surface area (Å²) in [5, 5.41) is 14.4. The zero-order valence-electron chi connectivity index (χ0n) is 20.6. The molecule has 11 heteroatoms. The average Bonchev–Trinajstić information content (AvgIpc) is 3.46. The van der Waals surface area contributed by atoms with Gasteiger partial charge in [0, 0.05) is 48.9 Å². The minimum atomic E-state index is -0.0630. The second-order valence-electron chi connectivity index (χ2n) is 8.41. The van der Waals surface area contributed by atoms with Gasteiger partial charge in [0.25, 0.3) is 0 Å². The number of carbonyl (C=O) groups excluding carboxylic acids is 1. The number of carbonyl (C=O) groups is 1. The van der Waals surface area contributed by atoms with Crippen LogP contribution < -0.4 is 19.7 Å². The number of nitrogens with one attached hydrogen (secondary N) is 1. The average molecular weight is 518 g/mol. The predicted molar refractivity (Wildman–Crippen MR) is 143 cm³/mol. The summed E-state index contributed by atoms with van der Waals surface area (Å²) in [7, 11) is 3.28. The first-order valence-corrected chi connectivity index (χ1v) is 12.7. The van der Waals surface area contributed by atoms with Crippen molar-refractivity contribution >= 4 is 28.3 Å². The number of amides is 1. The number of methoxy groups -OCH3 is 2. The first kappa shape index (κ1) is 24.6. The number of anilines is 2. The molecule has 0 spiro atoms. The fourth-order valence-electron chi connectivity index (χ4n) is 4.10. The number of hydrogen-bond acceptors (Lipinski definition) is 10. The van der Waals surface area contributed by atoms with Gasteiger partial charge < -0.3 is 19.7 Å². The Bertz CT molecular complexity index is 1320. The smallest absolute Gasteiger partial charge is 0.246 e. The lowest BCUT2D eigenvalue weighted by molar-refractivity contribution is -0.117. The Morgan fingerprint density at radius 2 is 1.51 bits per heavy atom. The van der Waals surface area contributed by atoms with Gasteiger partial charge in [-0.3, -0.25) is 9.69 Å². The van der Waals surface area contributed by atoms with Crippen LogP contribution >= 0.6 is 11.3 Å². The molecule has 1 N–H and O–H groups in total. The zero-order chi connectivity index (χ0) is 25.6. The minimum absolute atomic E-state index is 0.0630. The van der Waals surface area contributed by atoms with Crippen LogP contribution in [0.1, 0.15) is 0 Å². The van der Waals surface area contributed by atoms with Crippen molar-refractivity contribution in [2.24, 2.45) is 0 Å². The number of thiazole rings is 1. The van der Waals surface area contributed by atoms with Crippen LogP contribution in [-0.2, 0) is 4.79 Å². The van der Waals surface area contributed by atoms with Crippen LogP contribution in [0.2, 0.25) is 0 Å². The second kappa shape index (κ2) is 11.3. The number of ether oxygens (including phenoxy) is 2. The third-order valence-corrected chi connectivity index (χ3v) is 6.79. The monoisotopic (exact) mass is 517 g/mol. The van der Waals surface area contributed by atoms with E-state index in [1.54, 1.807) is 20.4 Å². The van der Waals surface area contributed by atoms with Crippen LogP contribution in [0.15, 0.2) is 60.1 Å². The van der Waals surface area contributed by atoms with Gasteiger partial charge in [0.1, 0.15) is 22.9 Å². The van der Waals surface area contributed by atoms with Crippen molar-refractivity contribution in [1.29, 1.82) is 0 Å². The third kappa shape index (κ3) is 5.84. The fraction of sp³-hybridized carbons (Fsp3) is 0.269. The molecular weight excluding hydrogens is 490 g/mol. The Hall–Kier alpha value is -4.09. The van der Waals surface area contributed by atoms with Gasteiger partial charge in [-0.2, -0.15) is 0 Å². The van der Waals surface area contributed by atoms with Gasteiger partial charge in [-0.05, 0) is 48.5 Å². The van der Waals surface area contributed by atoms with E-state index in [0.29, 0.717) is 49.5 Å². The molecule has 3 heterocycles. The summed E-state index contributed by atoms with van der Waals surface area (Å²) < 4.78 is 10.6. The molecule has 10 nitrogen and oxygen atoms in total. The van der Waals surface area contributed by atoms with Crippen molar-refractivity contribution in [3.05, 3.63) is 60.1 Å². The molecular formula is C26H27N7O3S. The van der Waals surface area contributed by atoms with Crippen LogP contribution in [0.4, 0.5) is 11.1 Å². The number of benzene rings is 2. The van der Waals surface area contributed by atoms with E-state index in [1.807, 2.05) is 53.9 Å². The molecule has 1 aliphatic rings. The Morgan fingerprint density at radius 1 is 0.892 bits per heavy atom. The summed E-state index contributed by atoms with van der Waals surface area (Å²) in [4.78, 5) is 25.6. The van der Waals surface area contributed by atoms with Crippen LogP contribution in [-0.4, -0.2) is 77.9 Å². The topological polar surface area (TPSA) is 106 Å². The van der Waals surface area contributed by atoms with E-state index in [-0.39, 0.29) is 5.91 Å². The van der Waals surface area contributed by atoms with E-state index in [9.17, 15) is 4.79 Å². The van der Waals surface area contributed by atoms with Gasteiger partial charge in [0.15, 0.2) is 5.13 Å². The van der Waals surface area contributed by atoms with E-state index >= 15 is 0 Å². The van der Waals surface area contributed by atoms with Gasteiger partial charge >= 0.3 is 0 Å². The van der Waals surface area contributed by atoms with Crippen LogP contribution in [0, 0.1) is 0 Å². The van der Waals surface area contributed by atoms with Gasteiger partial charge in [-0.15, -0.1) is 21.5 Å². The van der Waals surface area contributed by atoms with E-state index in [4.69, 9.17) is 14.5 Å². The molecule has 4 aromatic rings. The van der Waals surface area contributed by atoms with Crippen LogP contribution in [0.5, 0.6) is 11.5 Å². The van der Waals surface area contributed by atoms with Crippen molar-refractivity contribution in [3.63, 3.8) is 0 Å². The number of aromatic nitrogens is 4. The number of hydrogen-bond donors (Lipinski definition) is 1. The summed E-state index contributed by atoms with van der Waals surface area (Å²) in [6.07, 6.45) is 1.67. The largest absolute Gasteiger partial charge is 0.497 e. The lowest BCUT2D eigenvalue weighted by atomic mass is 10.0. The highest BCUT2D eigenvalue weighted by Crippen LogP contribution is 2.31. The molecule has 0 radical (unpaired) electrons. The van der Waals surface area contributed by atoms with Crippen molar-refractivity contribution in [2.45, 2.75) is 0 Å². The SMILES string of the molecule is COc1ccc(-c2nnc(N3CCN(CC(=O)Nc4nccs4)CC3)nc2-c2ccc(OC)cc2)cc1. The van der Waals surface area contributed by atoms with Crippen LogP contribution in [0.25, 0.3) is 22.5 Å². The Kier molecular flexibility index (Phi) is 7.52. The molecule has 1 fully saturated rings. The molecule has 1 saturated heterocycles. The van der Waals surface area contributed by atoms with E-state index < -0.39 is 0 Å². The molecule has 0 atom stereocenters. The highest BCUT2D eigenvalue weighted by molar-refractivity contribution is 7.13. The maximum Gasteiger partial charge on any atom is 0.246 e.